The molecule has 52 valence electrons. The molecule has 0 fully saturated rings. The number of benzene rings is 1. The third kappa shape index (κ3) is 3.49. The molecular formula is C8H7KO2. The van der Waals surface area contributed by atoms with Crippen LogP contribution in [0.4, 0.5) is 0 Å². The zero-order chi connectivity index (χ0) is 7.56. The Kier molecular flexibility index (Phi) is 5.21. The van der Waals surface area contributed by atoms with Crippen LogP contribution < -0.4 is 56.5 Å². The summed E-state index contributed by atoms with van der Waals surface area (Å²) in [6.07, 6.45) is 0. The number of hydrogen-bond acceptors (Lipinski definition) is 2. The van der Waals surface area contributed by atoms with Crippen LogP contribution in [0.5, 0.6) is 5.75 Å². The van der Waals surface area contributed by atoms with Gasteiger partial charge in [-0.15, -0.1) is 5.75 Å². The molecule has 0 aromatic heterocycles. The molecular weight excluding hydrogens is 167 g/mol. The van der Waals surface area contributed by atoms with E-state index < -0.39 is 0 Å². The van der Waals surface area contributed by atoms with Gasteiger partial charge in [0.25, 0.3) is 0 Å². The zero-order valence-electron chi connectivity index (χ0n) is 6.63. The molecule has 1 rings (SSSR count). The van der Waals surface area contributed by atoms with Gasteiger partial charge in [0.2, 0.25) is 0 Å². The van der Waals surface area contributed by atoms with E-state index in [0.29, 0.717) is 5.56 Å². The van der Waals surface area contributed by atoms with Crippen molar-refractivity contribution < 1.29 is 61.3 Å². The van der Waals surface area contributed by atoms with E-state index in [1.807, 2.05) is 0 Å². The van der Waals surface area contributed by atoms with Gasteiger partial charge in [0.1, 0.15) is 0 Å². The summed E-state index contributed by atoms with van der Waals surface area (Å²) in [6, 6.07) is 5.84. The van der Waals surface area contributed by atoms with Gasteiger partial charge in [-0.2, -0.15) is 0 Å². The van der Waals surface area contributed by atoms with Gasteiger partial charge >= 0.3 is 51.4 Å². The van der Waals surface area contributed by atoms with E-state index in [0.717, 1.165) is 0 Å². The monoisotopic (exact) mass is 174 g/mol. The predicted octanol–water partition coefficient (Wildman–Crippen LogP) is -2.03. The van der Waals surface area contributed by atoms with Crippen LogP contribution in [0.1, 0.15) is 17.3 Å². The van der Waals surface area contributed by atoms with Crippen molar-refractivity contribution in [2.24, 2.45) is 0 Å². The maximum absolute atomic E-state index is 10.7. The van der Waals surface area contributed by atoms with Crippen molar-refractivity contribution in [1.29, 1.82) is 0 Å². The van der Waals surface area contributed by atoms with Crippen LogP contribution in [0, 0.1) is 0 Å². The Morgan fingerprint density at radius 2 is 1.73 bits per heavy atom. The number of carbonyl (C=O) groups excluding carboxylic acids is 1. The fourth-order valence-electron chi connectivity index (χ4n) is 0.690. The van der Waals surface area contributed by atoms with E-state index in [9.17, 15) is 9.90 Å². The molecule has 1 aromatic rings. The van der Waals surface area contributed by atoms with Crippen LogP contribution in [-0.4, -0.2) is 5.78 Å². The third-order valence-electron chi connectivity index (χ3n) is 1.26. The fraction of sp³-hybridized carbons (Fsp3) is 0.125. The van der Waals surface area contributed by atoms with E-state index in [1.54, 1.807) is 0 Å². The maximum Gasteiger partial charge on any atom is 1.00 e. The molecule has 0 amide bonds. The van der Waals surface area contributed by atoms with Gasteiger partial charge in [-0.3, -0.25) is 4.79 Å². The van der Waals surface area contributed by atoms with Crippen LogP contribution in [0.15, 0.2) is 24.3 Å². The predicted molar refractivity (Wildman–Crippen MR) is 35.9 cm³/mol. The molecule has 0 atom stereocenters. The minimum absolute atomic E-state index is 0. The Bertz CT molecular complexity index is 241. The molecule has 0 radical (unpaired) electrons. The van der Waals surface area contributed by atoms with E-state index >= 15 is 0 Å². The molecule has 0 heterocycles. The molecule has 0 saturated carbocycles. The van der Waals surface area contributed by atoms with Gasteiger partial charge in [-0.25, -0.2) is 0 Å². The van der Waals surface area contributed by atoms with Gasteiger partial charge in [-0.1, -0.05) is 24.3 Å². The summed E-state index contributed by atoms with van der Waals surface area (Å²) in [7, 11) is 0. The van der Waals surface area contributed by atoms with Crippen LogP contribution in [0.25, 0.3) is 0 Å². The zero-order valence-corrected chi connectivity index (χ0v) is 9.75. The molecule has 0 aliphatic carbocycles. The first-order valence-electron chi connectivity index (χ1n) is 2.98. The van der Waals surface area contributed by atoms with Crippen LogP contribution in [-0.2, 0) is 0 Å². The summed E-state index contributed by atoms with van der Waals surface area (Å²) in [4.78, 5) is 10.7. The number of ketones is 1. The molecule has 0 N–H and O–H groups in total. The summed E-state index contributed by atoms with van der Waals surface area (Å²) in [5.74, 6) is -0.0787. The normalized spacial score (nSPS) is 8.45. The third-order valence-corrected chi connectivity index (χ3v) is 1.26. The van der Waals surface area contributed by atoms with Gasteiger partial charge in [-0.05, 0) is 6.92 Å². The van der Waals surface area contributed by atoms with E-state index in [2.05, 4.69) is 0 Å². The van der Waals surface area contributed by atoms with Gasteiger partial charge in [0, 0.05) is 5.56 Å². The quantitative estimate of drug-likeness (QED) is 0.364. The topological polar surface area (TPSA) is 40.1 Å². The van der Waals surface area contributed by atoms with Crippen molar-refractivity contribution in [2.45, 2.75) is 6.92 Å². The molecule has 3 heteroatoms. The summed E-state index contributed by atoms with van der Waals surface area (Å²) >= 11 is 0. The average molecular weight is 174 g/mol. The smallest absolute Gasteiger partial charge is 0.872 e. The Morgan fingerprint density at radius 1 is 1.27 bits per heavy atom. The first-order chi connectivity index (χ1) is 4.70. The summed E-state index contributed by atoms with van der Waals surface area (Å²) < 4.78 is 0. The average Bonchev–Trinajstić information content (AvgIpc) is 1.88. The molecule has 0 spiro atoms. The van der Waals surface area contributed by atoms with Crippen molar-refractivity contribution in [1.82, 2.24) is 0 Å². The Balaban J connectivity index is 0.000001000. The Labute approximate surface area is 108 Å². The summed E-state index contributed by atoms with van der Waals surface area (Å²) in [5, 5.41) is 10.5. The number of rotatable bonds is 1. The largest absolute Gasteiger partial charge is 1.00 e. The number of Topliss-reactive ketones (excluding diaryl/α,β-unsaturated/α-hetero) is 1. The minimum atomic E-state index is -0.0648. The second-order valence-corrected chi connectivity index (χ2v) is 2.08. The van der Waals surface area contributed by atoms with Crippen molar-refractivity contribution >= 4 is 5.78 Å². The van der Waals surface area contributed by atoms with Gasteiger partial charge < -0.3 is 5.11 Å². The second-order valence-electron chi connectivity index (χ2n) is 2.08. The van der Waals surface area contributed by atoms with Gasteiger partial charge in [0.15, 0.2) is 5.78 Å². The molecule has 0 saturated heterocycles. The SMILES string of the molecule is CC(=O)c1ccc([O-])cc1.[K+]. The first-order valence-corrected chi connectivity index (χ1v) is 2.98. The van der Waals surface area contributed by atoms with Crippen molar-refractivity contribution in [3.8, 4) is 5.75 Å². The van der Waals surface area contributed by atoms with Gasteiger partial charge in [0.05, 0.1) is 0 Å². The van der Waals surface area contributed by atoms with Crippen LogP contribution in [0.2, 0.25) is 0 Å². The maximum atomic E-state index is 10.7. The molecule has 2 nitrogen and oxygen atoms in total. The molecule has 0 unspecified atom stereocenters. The number of hydrogen-bond donors (Lipinski definition) is 0. The van der Waals surface area contributed by atoms with E-state index in [-0.39, 0.29) is 62.9 Å². The molecule has 0 aliphatic heterocycles. The fourth-order valence-corrected chi connectivity index (χ4v) is 0.690. The molecule has 11 heavy (non-hydrogen) atoms. The van der Waals surface area contributed by atoms with Crippen LogP contribution in [0.3, 0.4) is 0 Å². The Hall–Kier alpha value is 0.326. The van der Waals surface area contributed by atoms with Crippen molar-refractivity contribution in [2.75, 3.05) is 0 Å². The van der Waals surface area contributed by atoms with E-state index in [4.69, 9.17) is 0 Å². The first kappa shape index (κ1) is 11.3. The van der Waals surface area contributed by atoms with Crippen molar-refractivity contribution in [3.05, 3.63) is 29.8 Å². The standard InChI is InChI=1S/C8H8O2.K/c1-6(9)7-2-4-8(10)5-3-7;/h2-5,10H,1H3;/q;+1/p-1. The van der Waals surface area contributed by atoms with Crippen LogP contribution >= 0.6 is 0 Å². The number of carbonyl (C=O) groups is 1. The van der Waals surface area contributed by atoms with Crippen molar-refractivity contribution in [3.63, 3.8) is 0 Å². The summed E-state index contributed by atoms with van der Waals surface area (Å²) in [5.41, 5.74) is 0.583. The minimum Gasteiger partial charge on any atom is -0.872 e. The Morgan fingerprint density at radius 3 is 2.09 bits per heavy atom. The molecule has 0 bridgehead atoms. The second kappa shape index (κ2) is 5.06. The van der Waals surface area contributed by atoms with E-state index in [1.165, 1.54) is 31.2 Å². The summed E-state index contributed by atoms with van der Waals surface area (Å²) in [6.45, 7) is 1.47. The molecule has 0 aliphatic rings. The molecule has 1 aromatic carbocycles.